The van der Waals surface area contributed by atoms with Crippen molar-refractivity contribution in [2.75, 3.05) is 11.9 Å². The number of benzene rings is 1. The fourth-order valence-electron chi connectivity index (χ4n) is 1.75. The minimum absolute atomic E-state index is 0.0673. The molecule has 6 nitrogen and oxygen atoms in total. The van der Waals surface area contributed by atoms with Crippen molar-refractivity contribution in [1.82, 2.24) is 24.5 Å². The number of anilines is 2. The van der Waals surface area contributed by atoms with Gasteiger partial charge in [-0.2, -0.15) is 15.0 Å². The van der Waals surface area contributed by atoms with Gasteiger partial charge in [0.05, 0.1) is 0 Å². The van der Waals surface area contributed by atoms with Gasteiger partial charge in [0.1, 0.15) is 12.1 Å². The van der Waals surface area contributed by atoms with Crippen molar-refractivity contribution in [1.29, 1.82) is 0 Å². The molecule has 2 heterocycles. The van der Waals surface area contributed by atoms with Crippen LogP contribution in [0.25, 0.3) is 5.95 Å². The molecule has 0 N–H and O–H groups in total. The second-order valence-corrected chi connectivity index (χ2v) is 4.55. The summed E-state index contributed by atoms with van der Waals surface area (Å²) in [5, 5.41) is 0.0673. The fourth-order valence-corrected chi connectivity index (χ4v) is 1.90. The lowest BCUT2D eigenvalue weighted by atomic mass is 10.3. The molecule has 3 aromatic rings. The van der Waals surface area contributed by atoms with Crippen LogP contribution in [-0.4, -0.2) is 31.6 Å². The number of hydrogen-bond donors (Lipinski definition) is 0. The predicted octanol–water partition coefficient (Wildman–Crippen LogP) is 2.62. The molecule has 0 aliphatic rings. The molecule has 0 bridgehead atoms. The SMILES string of the molecule is CN(c1ccc(F)cc1)c1nc(Cl)nc(-n2ccnc2)n1. The van der Waals surface area contributed by atoms with E-state index < -0.39 is 0 Å². The first-order chi connectivity index (χ1) is 10.1. The third-order valence-electron chi connectivity index (χ3n) is 2.83. The van der Waals surface area contributed by atoms with Crippen LogP contribution >= 0.6 is 11.6 Å². The second-order valence-electron chi connectivity index (χ2n) is 4.21. The van der Waals surface area contributed by atoms with E-state index in [1.54, 1.807) is 47.4 Å². The largest absolute Gasteiger partial charge is 0.313 e. The molecule has 0 saturated carbocycles. The summed E-state index contributed by atoms with van der Waals surface area (Å²) in [6.45, 7) is 0. The molecular formula is C13H10ClFN6. The molecule has 8 heteroatoms. The zero-order chi connectivity index (χ0) is 14.8. The first-order valence-corrected chi connectivity index (χ1v) is 6.40. The van der Waals surface area contributed by atoms with Gasteiger partial charge in [-0.25, -0.2) is 9.37 Å². The number of rotatable bonds is 3. The summed E-state index contributed by atoms with van der Waals surface area (Å²) in [4.78, 5) is 18.1. The van der Waals surface area contributed by atoms with E-state index in [1.165, 1.54) is 12.1 Å². The van der Waals surface area contributed by atoms with Crippen molar-refractivity contribution in [2.45, 2.75) is 0 Å². The van der Waals surface area contributed by atoms with Gasteiger partial charge < -0.3 is 4.90 Å². The van der Waals surface area contributed by atoms with Crippen LogP contribution in [0, 0.1) is 5.82 Å². The molecule has 0 saturated heterocycles. The topological polar surface area (TPSA) is 59.7 Å². The summed E-state index contributed by atoms with van der Waals surface area (Å²) in [7, 11) is 1.76. The smallest absolute Gasteiger partial charge is 0.241 e. The summed E-state index contributed by atoms with van der Waals surface area (Å²) < 4.78 is 14.6. The van der Waals surface area contributed by atoms with Gasteiger partial charge in [0.25, 0.3) is 0 Å². The Labute approximate surface area is 124 Å². The number of nitrogens with zero attached hydrogens (tertiary/aromatic N) is 6. The van der Waals surface area contributed by atoms with Gasteiger partial charge in [0.15, 0.2) is 0 Å². The van der Waals surface area contributed by atoms with Gasteiger partial charge in [0, 0.05) is 25.1 Å². The summed E-state index contributed by atoms with van der Waals surface area (Å²) >= 11 is 5.94. The molecule has 106 valence electrons. The molecule has 0 atom stereocenters. The van der Waals surface area contributed by atoms with Crippen LogP contribution < -0.4 is 4.90 Å². The van der Waals surface area contributed by atoms with Crippen molar-refractivity contribution in [3.8, 4) is 5.95 Å². The maximum atomic E-state index is 13.0. The molecule has 0 fully saturated rings. The number of imidazole rings is 1. The first kappa shape index (κ1) is 13.4. The van der Waals surface area contributed by atoms with Crippen molar-refractivity contribution in [2.24, 2.45) is 0 Å². The average molecular weight is 305 g/mol. The quantitative estimate of drug-likeness (QED) is 0.744. The highest BCUT2D eigenvalue weighted by Gasteiger charge is 2.12. The lowest BCUT2D eigenvalue weighted by Gasteiger charge is -2.17. The molecule has 0 amide bonds. The predicted molar refractivity (Wildman–Crippen MR) is 76.4 cm³/mol. The molecule has 0 aliphatic heterocycles. The first-order valence-electron chi connectivity index (χ1n) is 6.03. The van der Waals surface area contributed by atoms with Crippen molar-refractivity contribution >= 4 is 23.2 Å². The standard InChI is InChI=1S/C13H10ClFN6/c1-20(10-4-2-9(15)3-5-10)12-17-11(14)18-13(19-12)21-7-6-16-8-21/h2-8H,1H3. The third-order valence-corrected chi connectivity index (χ3v) is 3.00. The zero-order valence-electron chi connectivity index (χ0n) is 11.0. The lowest BCUT2D eigenvalue weighted by Crippen LogP contribution is -2.15. The summed E-state index contributed by atoms with van der Waals surface area (Å²) in [5.74, 6) is 0.404. The van der Waals surface area contributed by atoms with E-state index in [2.05, 4.69) is 19.9 Å². The number of hydrogen-bond acceptors (Lipinski definition) is 5. The molecule has 0 unspecified atom stereocenters. The Morgan fingerprint density at radius 3 is 2.57 bits per heavy atom. The van der Waals surface area contributed by atoms with Gasteiger partial charge in [0.2, 0.25) is 17.2 Å². The highest BCUT2D eigenvalue weighted by Crippen LogP contribution is 2.21. The monoisotopic (exact) mass is 304 g/mol. The fraction of sp³-hybridized carbons (Fsp3) is 0.0769. The van der Waals surface area contributed by atoms with Crippen LogP contribution in [0.2, 0.25) is 5.28 Å². The van der Waals surface area contributed by atoms with Gasteiger partial charge in [-0.1, -0.05) is 0 Å². The highest BCUT2D eigenvalue weighted by molar-refractivity contribution is 6.28. The maximum absolute atomic E-state index is 13.0. The molecular weight excluding hydrogens is 295 g/mol. The Bertz CT molecular complexity index is 744. The summed E-state index contributed by atoms with van der Waals surface area (Å²) in [6.07, 6.45) is 4.88. The van der Waals surface area contributed by atoms with Gasteiger partial charge in [-0.15, -0.1) is 0 Å². The van der Waals surface area contributed by atoms with E-state index in [4.69, 9.17) is 11.6 Å². The van der Waals surface area contributed by atoms with Gasteiger partial charge in [-0.05, 0) is 35.9 Å². The Hall–Kier alpha value is -2.54. The molecule has 0 aliphatic carbocycles. The minimum atomic E-state index is -0.306. The Kier molecular flexibility index (Phi) is 3.49. The zero-order valence-corrected chi connectivity index (χ0v) is 11.7. The van der Waals surface area contributed by atoms with E-state index in [-0.39, 0.29) is 11.1 Å². The maximum Gasteiger partial charge on any atom is 0.241 e. The van der Waals surface area contributed by atoms with Crippen LogP contribution in [0.15, 0.2) is 43.0 Å². The van der Waals surface area contributed by atoms with Crippen LogP contribution in [-0.2, 0) is 0 Å². The van der Waals surface area contributed by atoms with E-state index >= 15 is 0 Å². The minimum Gasteiger partial charge on any atom is -0.313 e. The van der Waals surface area contributed by atoms with Crippen LogP contribution in [0.5, 0.6) is 0 Å². The Balaban J connectivity index is 2.00. The van der Waals surface area contributed by atoms with Crippen molar-refractivity contribution in [3.63, 3.8) is 0 Å². The second kappa shape index (κ2) is 5.45. The molecule has 2 aromatic heterocycles. The van der Waals surface area contributed by atoms with Gasteiger partial charge >= 0.3 is 0 Å². The van der Waals surface area contributed by atoms with Crippen molar-refractivity contribution in [3.05, 3.63) is 54.1 Å². The summed E-state index contributed by atoms with van der Waals surface area (Å²) in [5.41, 5.74) is 0.732. The van der Waals surface area contributed by atoms with E-state index in [9.17, 15) is 4.39 Å². The molecule has 3 rings (SSSR count). The van der Waals surface area contributed by atoms with Crippen molar-refractivity contribution < 1.29 is 4.39 Å². The third kappa shape index (κ3) is 2.82. The molecule has 0 spiro atoms. The van der Waals surface area contributed by atoms with Crippen LogP contribution in [0.1, 0.15) is 0 Å². The average Bonchev–Trinajstić information content (AvgIpc) is 3.01. The number of aromatic nitrogens is 5. The van der Waals surface area contributed by atoms with Gasteiger partial charge in [-0.3, -0.25) is 4.57 Å². The van der Waals surface area contributed by atoms with Crippen LogP contribution in [0.3, 0.4) is 0 Å². The van der Waals surface area contributed by atoms with E-state index in [0.717, 1.165) is 5.69 Å². The Morgan fingerprint density at radius 2 is 1.90 bits per heavy atom. The molecule has 0 radical (unpaired) electrons. The Morgan fingerprint density at radius 1 is 1.14 bits per heavy atom. The van der Waals surface area contributed by atoms with Crippen LogP contribution in [0.4, 0.5) is 16.0 Å². The molecule has 1 aromatic carbocycles. The lowest BCUT2D eigenvalue weighted by molar-refractivity contribution is 0.628. The normalized spacial score (nSPS) is 10.6. The highest BCUT2D eigenvalue weighted by atomic mass is 35.5. The van der Waals surface area contributed by atoms with E-state index in [1.807, 2.05) is 0 Å². The summed E-state index contributed by atoms with van der Waals surface area (Å²) in [6, 6.07) is 5.99. The number of halogens is 2. The van der Waals surface area contributed by atoms with E-state index in [0.29, 0.717) is 11.9 Å². The molecule has 21 heavy (non-hydrogen) atoms.